The first-order valence-corrected chi connectivity index (χ1v) is 9.22. The molecule has 0 saturated carbocycles. The standard InChI is InChI=1S/C20H21ClFN3O2/c21-18-12-14(22)6-7-17(18)20(27)24-16-8-10-25(11-9-16)13-19(26)23-15-4-2-1-3-5-15/h1-7,12,16H,8-11,13H2,(H,23,26)(H,24,27). The Morgan fingerprint density at radius 3 is 2.48 bits per heavy atom. The highest BCUT2D eigenvalue weighted by Gasteiger charge is 2.23. The van der Waals surface area contributed by atoms with E-state index in [0.717, 1.165) is 24.6 Å². The van der Waals surface area contributed by atoms with Crippen molar-refractivity contribution in [2.75, 3.05) is 25.0 Å². The molecule has 0 radical (unpaired) electrons. The molecule has 0 bridgehead atoms. The van der Waals surface area contributed by atoms with Crippen LogP contribution in [0.4, 0.5) is 10.1 Å². The molecular formula is C20H21ClFN3O2. The van der Waals surface area contributed by atoms with Crippen molar-refractivity contribution < 1.29 is 14.0 Å². The number of amides is 2. The summed E-state index contributed by atoms with van der Waals surface area (Å²) in [7, 11) is 0. The van der Waals surface area contributed by atoms with Crippen LogP contribution in [-0.2, 0) is 4.79 Å². The third-order valence-corrected chi connectivity index (χ3v) is 4.84. The molecule has 2 N–H and O–H groups in total. The van der Waals surface area contributed by atoms with E-state index in [2.05, 4.69) is 15.5 Å². The number of hydrogen-bond donors (Lipinski definition) is 2. The molecule has 0 spiro atoms. The monoisotopic (exact) mass is 389 g/mol. The smallest absolute Gasteiger partial charge is 0.253 e. The minimum atomic E-state index is -0.473. The Kier molecular flexibility index (Phi) is 6.42. The Morgan fingerprint density at radius 2 is 1.81 bits per heavy atom. The Labute approximate surface area is 162 Å². The van der Waals surface area contributed by atoms with Gasteiger partial charge in [0.2, 0.25) is 5.91 Å². The molecule has 7 heteroatoms. The van der Waals surface area contributed by atoms with Crippen molar-refractivity contribution in [3.05, 3.63) is 64.9 Å². The van der Waals surface area contributed by atoms with Gasteiger partial charge in [0.15, 0.2) is 0 Å². The number of nitrogens with one attached hydrogen (secondary N) is 2. The highest BCUT2D eigenvalue weighted by Crippen LogP contribution is 2.18. The second kappa shape index (κ2) is 8.97. The summed E-state index contributed by atoms with van der Waals surface area (Å²) in [6, 6.07) is 13.1. The van der Waals surface area contributed by atoms with Gasteiger partial charge in [-0.2, -0.15) is 0 Å². The fourth-order valence-electron chi connectivity index (χ4n) is 3.10. The van der Waals surface area contributed by atoms with Crippen molar-refractivity contribution in [1.82, 2.24) is 10.2 Å². The number of anilines is 1. The number of carbonyl (C=O) groups is 2. The van der Waals surface area contributed by atoms with Gasteiger partial charge in [-0.3, -0.25) is 14.5 Å². The molecule has 2 amide bonds. The summed E-state index contributed by atoms with van der Waals surface area (Å²) in [5.74, 6) is -0.833. The van der Waals surface area contributed by atoms with E-state index in [0.29, 0.717) is 19.6 Å². The quantitative estimate of drug-likeness (QED) is 0.824. The van der Waals surface area contributed by atoms with E-state index in [1.54, 1.807) is 0 Å². The number of rotatable bonds is 5. The van der Waals surface area contributed by atoms with Crippen molar-refractivity contribution in [2.24, 2.45) is 0 Å². The zero-order valence-electron chi connectivity index (χ0n) is 14.8. The van der Waals surface area contributed by atoms with Crippen LogP contribution in [0.1, 0.15) is 23.2 Å². The molecule has 2 aromatic carbocycles. The lowest BCUT2D eigenvalue weighted by Crippen LogP contribution is -2.46. The van der Waals surface area contributed by atoms with Gasteiger partial charge >= 0.3 is 0 Å². The molecule has 0 aliphatic carbocycles. The second-order valence-electron chi connectivity index (χ2n) is 6.56. The summed E-state index contributed by atoms with van der Waals surface area (Å²) in [5, 5.41) is 5.90. The Hall–Kier alpha value is -2.44. The van der Waals surface area contributed by atoms with Gasteiger partial charge < -0.3 is 10.6 Å². The van der Waals surface area contributed by atoms with Gasteiger partial charge in [0.1, 0.15) is 5.82 Å². The second-order valence-corrected chi connectivity index (χ2v) is 6.97. The number of carbonyl (C=O) groups excluding carboxylic acids is 2. The molecule has 0 aromatic heterocycles. The maximum Gasteiger partial charge on any atom is 0.253 e. The highest BCUT2D eigenvalue weighted by atomic mass is 35.5. The first kappa shape index (κ1) is 19.3. The number of benzene rings is 2. The average molecular weight is 390 g/mol. The summed E-state index contributed by atoms with van der Waals surface area (Å²) >= 11 is 5.94. The van der Waals surface area contributed by atoms with Gasteiger partial charge in [-0.25, -0.2) is 4.39 Å². The molecule has 0 unspecified atom stereocenters. The van der Waals surface area contributed by atoms with E-state index in [1.807, 2.05) is 30.3 Å². The Bertz CT molecular complexity index is 808. The molecule has 2 aromatic rings. The van der Waals surface area contributed by atoms with Crippen molar-refractivity contribution in [2.45, 2.75) is 18.9 Å². The average Bonchev–Trinajstić information content (AvgIpc) is 2.64. The molecule has 142 valence electrons. The number of hydrogen-bond acceptors (Lipinski definition) is 3. The highest BCUT2D eigenvalue weighted by molar-refractivity contribution is 6.33. The SMILES string of the molecule is O=C(CN1CCC(NC(=O)c2ccc(F)cc2Cl)CC1)Nc1ccccc1. The third-order valence-electron chi connectivity index (χ3n) is 4.52. The van der Waals surface area contributed by atoms with E-state index in [9.17, 15) is 14.0 Å². The van der Waals surface area contributed by atoms with Gasteiger partial charge in [0.05, 0.1) is 17.1 Å². The predicted octanol–water partition coefficient (Wildman–Crippen LogP) is 3.31. The van der Waals surface area contributed by atoms with Crippen LogP contribution in [0.25, 0.3) is 0 Å². The van der Waals surface area contributed by atoms with Crippen LogP contribution in [0.3, 0.4) is 0 Å². The Balaban J connectivity index is 1.44. The van der Waals surface area contributed by atoms with E-state index in [-0.39, 0.29) is 28.4 Å². The van der Waals surface area contributed by atoms with Crippen molar-refractivity contribution >= 4 is 29.1 Å². The molecule has 5 nitrogen and oxygen atoms in total. The molecule has 1 heterocycles. The van der Waals surface area contributed by atoms with Crippen molar-refractivity contribution in [3.63, 3.8) is 0 Å². The molecule has 1 aliphatic heterocycles. The van der Waals surface area contributed by atoms with E-state index < -0.39 is 5.82 Å². The van der Waals surface area contributed by atoms with Crippen molar-refractivity contribution in [3.8, 4) is 0 Å². The van der Waals surface area contributed by atoms with E-state index in [4.69, 9.17) is 11.6 Å². The minimum absolute atomic E-state index is 0.00653. The largest absolute Gasteiger partial charge is 0.349 e. The van der Waals surface area contributed by atoms with Gasteiger partial charge in [-0.05, 0) is 43.2 Å². The maximum atomic E-state index is 13.1. The fraction of sp³-hybridized carbons (Fsp3) is 0.300. The number of halogens is 2. The first-order valence-electron chi connectivity index (χ1n) is 8.84. The maximum absolute atomic E-state index is 13.1. The van der Waals surface area contributed by atoms with Crippen LogP contribution in [-0.4, -0.2) is 42.4 Å². The molecule has 3 rings (SSSR count). The molecule has 1 fully saturated rings. The third kappa shape index (κ3) is 5.52. The van der Waals surface area contributed by atoms with Gasteiger partial charge in [-0.1, -0.05) is 29.8 Å². The lowest BCUT2D eigenvalue weighted by atomic mass is 10.0. The van der Waals surface area contributed by atoms with E-state index in [1.165, 1.54) is 12.1 Å². The normalized spacial score (nSPS) is 15.3. The van der Waals surface area contributed by atoms with Crippen LogP contribution < -0.4 is 10.6 Å². The topological polar surface area (TPSA) is 61.4 Å². The summed E-state index contributed by atoms with van der Waals surface area (Å²) in [6.07, 6.45) is 1.48. The van der Waals surface area contributed by atoms with Gasteiger partial charge in [-0.15, -0.1) is 0 Å². The molecular weight excluding hydrogens is 369 g/mol. The van der Waals surface area contributed by atoms with Crippen LogP contribution >= 0.6 is 11.6 Å². The van der Waals surface area contributed by atoms with Crippen LogP contribution in [0.2, 0.25) is 5.02 Å². The zero-order chi connectivity index (χ0) is 19.2. The number of likely N-dealkylation sites (tertiary alicyclic amines) is 1. The van der Waals surface area contributed by atoms with Crippen LogP contribution in [0.15, 0.2) is 48.5 Å². The lowest BCUT2D eigenvalue weighted by Gasteiger charge is -2.31. The number of para-hydroxylation sites is 1. The zero-order valence-corrected chi connectivity index (χ0v) is 15.5. The lowest BCUT2D eigenvalue weighted by molar-refractivity contribution is -0.117. The fourth-order valence-corrected chi connectivity index (χ4v) is 3.35. The Morgan fingerprint density at radius 1 is 1.11 bits per heavy atom. The van der Waals surface area contributed by atoms with Crippen LogP contribution in [0.5, 0.6) is 0 Å². The first-order chi connectivity index (χ1) is 13.0. The van der Waals surface area contributed by atoms with Crippen molar-refractivity contribution in [1.29, 1.82) is 0 Å². The number of piperidine rings is 1. The molecule has 0 atom stereocenters. The summed E-state index contributed by atoms with van der Waals surface area (Å²) in [4.78, 5) is 26.5. The van der Waals surface area contributed by atoms with Gasteiger partial charge in [0, 0.05) is 24.8 Å². The number of nitrogens with zero attached hydrogens (tertiary/aromatic N) is 1. The predicted molar refractivity (Wildman–Crippen MR) is 103 cm³/mol. The summed E-state index contributed by atoms with van der Waals surface area (Å²) < 4.78 is 13.1. The minimum Gasteiger partial charge on any atom is -0.349 e. The van der Waals surface area contributed by atoms with Gasteiger partial charge in [0.25, 0.3) is 5.91 Å². The summed E-state index contributed by atoms with van der Waals surface area (Å²) in [5.41, 5.74) is 1.04. The van der Waals surface area contributed by atoms with E-state index >= 15 is 0 Å². The molecule has 1 aliphatic rings. The molecule has 27 heavy (non-hydrogen) atoms. The molecule has 1 saturated heterocycles. The summed E-state index contributed by atoms with van der Waals surface area (Å²) in [6.45, 7) is 1.74. The van der Waals surface area contributed by atoms with Crippen LogP contribution in [0, 0.1) is 5.82 Å².